The number of benzene rings is 4. The van der Waals surface area contributed by atoms with Gasteiger partial charge >= 0.3 is 12.2 Å². The molecule has 576 valence electrons. The van der Waals surface area contributed by atoms with Crippen molar-refractivity contribution in [3.63, 3.8) is 0 Å². The molecule has 0 radical (unpaired) electrons. The molecule has 6 N–H and O–H groups in total. The molecule has 0 bridgehead atoms. The second kappa shape index (κ2) is 36.8. The minimum atomic E-state index is -1.57. The molecule has 0 aromatic heterocycles. The summed E-state index contributed by atoms with van der Waals surface area (Å²) in [5.41, 5.74) is 4.49. The molecule has 28 nitrogen and oxygen atoms in total. The Morgan fingerprint density at radius 1 is 0.505 bits per heavy atom. The third-order valence-corrected chi connectivity index (χ3v) is 21.6. The van der Waals surface area contributed by atoms with Crippen LogP contribution in [-0.2, 0) is 47.7 Å². The van der Waals surface area contributed by atoms with E-state index < -0.39 is 100 Å². The molecule has 0 saturated heterocycles. The van der Waals surface area contributed by atoms with Gasteiger partial charge < -0.3 is 79.6 Å². The quantitative estimate of drug-likeness (QED) is 0.0140. The van der Waals surface area contributed by atoms with E-state index in [9.17, 15) is 47.9 Å². The van der Waals surface area contributed by atoms with Crippen LogP contribution < -0.4 is 60.6 Å². The van der Waals surface area contributed by atoms with E-state index in [4.69, 9.17) is 37.9 Å². The number of nitrogens with one attached hydrogen (secondary N) is 6. The van der Waals surface area contributed by atoms with Gasteiger partial charge in [-0.15, -0.1) is 0 Å². The zero-order chi connectivity index (χ0) is 78.2. The number of methoxy groups -OCH3 is 2. The van der Waals surface area contributed by atoms with Crippen molar-refractivity contribution in [1.29, 1.82) is 0 Å². The largest absolute Gasteiger partial charge is 0.493 e. The summed E-state index contributed by atoms with van der Waals surface area (Å²) >= 11 is 0. The lowest BCUT2D eigenvalue weighted by atomic mass is 10.0. The van der Waals surface area contributed by atoms with Gasteiger partial charge in [0, 0.05) is 84.5 Å². The number of carbonyl (C=O) groups is 10. The van der Waals surface area contributed by atoms with Gasteiger partial charge in [0.2, 0.25) is 23.6 Å². The highest BCUT2D eigenvalue weighted by atomic mass is 28.3. The van der Waals surface area contributed by atoms with Crippen LogP contribution >= 0.6 is 0 Å². The van der Waals surface area contributed by atoms with Gasteiger partial charge in [-0.25, -0.2) is 9.59 Å². The third kappa shape index (κ3) is 21.5. The molecular weight excluding hydrogens is 1410 g/mol. The van der Waals surface area contributed by atoms with E-state index in [1.807, 2.05) is 0 Å². The van der Waals surface area contributed by atoms with Crippen LogP contribution in [0.1, 0.15) is 92.6 Å². The predicted octanol–water partition coefficient (Wildman–Crippen LogP) is 10.1. The van der Waals surface area contributed by atoms with E-state index in [1.54, 1.807) is 113 Å². The summed E-state index contributed by atoms with van der Waals surface area (Å²) in [7, 11) is -0.237. The molecule has 10 amide bonds. The molecule has 0 fully saturated rings. The van der Waals surface area contributed by atoms with E-state index in [0.29, 0.717) is 46.9 Å². The number of hydrogen-bond acceptors (Lipinski definition) is 18. The fourth-order valence-electron chi connectivity index (χ4n) is 11.9. The van der Waals surface area contributed by atoms with Gasteiger partial charge in [-0.3, -0.25) is 48.2 Å². The molecule has 107 heavy (non-hydrogen) atoms. The number of nitrogens with zero attached hydrogens (tertiary/aromatic N) is 4. The Balaban J connectivity index is 0.952. The van der Waals surface area contributed by atoms with Gasteiger partial charge in [0.1, 0.15) is 62.9 Å². The minimum Gasteiger partial charge on any atom is -0.493 e. The molecule has 0 spiro atoms. The average Bonchev–Trinajstić information content (AvgIpc) is 1.62. The molecular formula is C77H102N10O18Si2. The SMILES string of the molecule is C=CCOC(=O)N[C@H](C(=O)N[C@@H](C)C(=O)Nc1ccc(C2=CN3C(=O)c4cc(OC)c(OCCCOc5cc6c(cc5OC)C(=O)N5C=C(c7ccc(NC(=O)[C@H](C)NC(=O)[C@@H](NC(=O)OCC=C)C(C)C)cc7)C[C@H]5C(=O)N6COCC[Si](C)(C)C)cc4N(COCC[Si](C)(C)C)C(=O)[C@@H]3C2)cc1)C(C)C. The standard InChI is InChI=1S/C77H102N10O18Si2/c1-17-28-104-76(96)82-66(46(3)4)70(90)78-48(7)68(88)80-54-24-20-50(21-25-54)52-36-60-74(94)86(44-100-32-34-106(11,12)13)58-40-64(62(98-9)38-56(58)72(92)84(60)42-52)102-30-19-31-103-65-41-59-57(39-63(65)99-10)73(93)85-43-53(37-61(85)75(95)87(59)45-101-33-35-107(14,15)16)51-22-26-55(27-23-51)81-69(89)49(8)79-71(91)67(47(5)6)83-77(97)105-29-18-2/h17-18,20-27,38-43,46-49,60-61,66-67H,1-2,19,28-37,44-45H2,3-16H3,(H,78,90)(H,79,91)(H,80,88)(H,81,89)(H,82,96)(H,83,97)/t48-,49-,60-,61-,66-,67-/m0/s1. The summed E-state index contributed by atoms with van der Waals surface area (Å²) in [6, 6.07) is 15.9. The van der Waals surface area contributed by atoms with Crippen LogP contribution in [0.15, 0.2) is 111 Å². The number of carbonyl (C=O) groups excluding carboxylic acids is 10. The Kier molecular flexibility index (Phi) is 28.3. The predicted molar refractivity (Wildman–Crippen MR) is 412 cm³/mol. The van der Waals surface area contributed by atoms with Crippen LogP contribution in [0.2, 0.25) is 51.4 Å². The van der Waals surface area contributed by atoms with E-state index in [0.717, 1.165) is 12.1 Å². The fraction of sp³-hybridized carbons (Fsp3) is 0.455. The van der Waals surface area contributed by atoms with Crippen molar-refractivity contribution in [3.05, 3.63) is 133 Å². The van der Waals surface area contributed by atoms with Gasteiger partial charge in [0.25, 0.3) is 23.6 Å². The second-order valence-electron chi connectivity index (χ2n) is 29.6. The zero-order valence-electron chi connectivity index (χ0n) is 63.6. The van der Waals surface area contributed by atoms with E-state index in [1.165, 1.54) is 59.8 Å². The molecule has 8 rings (SSSR count). The lowest BCUT2D eigenvalue weighted by molar-refractivity contribution is -0.128. The average molecular weight is 1510 g/mol. The summed E-state index contributed by atoms with van der Waals surface area (Å²) < 4.78 is 47.0. The lowest BCUT2D eigenvalue weighted by Gasteiger charge is -2.27. The smallest absolute Gasteiger partial charge is 0.408 e. The molecule has 6 atom stereocenters. The maximum atomic E-state index is 15.0. The number of alkyl carbamates (subject to hydrolysis) is 2. The highest BCUT2D eigenvalue weighted by Gasteiger charge is 2.46. The van der Waals surface area contributed by atoms with Crippen molar-refractivity contribution < 1.29 is 85.8 Å². The first kappa shape index (κ1) is 82.3. The summed E-state index contributed by atoms with van der Waals surface area (Å²) in [4.78, 5) is 143. The first-order valence-electron chi connectivity index (χ1n) is 35.8. The van der Waals surface area contributed by atoms with Crippen molar-refractivity contribution in [2.75, 3.05) is 87.8 Å². The second-order valence-corrected chi connectivity index (χ2v) is 40.8. The first-order valence-corrected chi connectivity index (χ1v) is 43.2. The Morgan fingerprint density at radius 2 is 0.869 bits per heavy atom. The van der Waals surface area contributed by atoms with Crippen LogP contribution in [-0.4, -0.2) is 189 Å². The molecule has 0 saturated carbocycles. The van der Waals surface area contributed by atoms with Crippen molar-refractivity contribution >= 4 is 109 Å². The van der Waals surface area contributed by atoms with Crippen LogP contribution in [0.5, 0.6) is 23.0 Å². The molecule has 4 aliphatic rings. The van der Waals surface area contributed by atoms with Gasteiger partial charge in [-0.1, -0.05) is 117 Å². The maximum absolute atomic E-state index is 15.0. The van der Waals surface area contributed by atoms with E-state index in [2.05, 4.69) is 84.3 Å². The zero-order valence-corrected chi connectivity index (χ0v) is 65.6. The number of amides is 10. The van der Waals surface area contributed by atoms with E-state index in [-0.39, 0.29) is 128 Å². The van der Waals surface area contributed by atoms with Gasteiger partial charge in [0.05, 0.1) is 49.9 Å². The van der Waals surface area contributed by atoms with Crippen molar-refractivity contribution in [3.8, 4) is 23.0 Å². The first-order chi connectivity index (χ1) is 50.7. The Morgan fingerprint density at radius 3 is 1.20 bits per heavy atom. The van der Waals surface area contributed by atoms with E-state index >= 15 is 0 Å². The molecule has 4 aromatic carbocycles. The lowest BCUT2D eigenvalue weighted by Crippen LogP contribution is -2.53. The molecule has 4 aromatic rings. The maximum Gasteiger partial charge on any atom is 0.408 e. The molecule has 30 heteroatoms. The number of rotatable bonds is 36. The monoisotopic (exact) mass is 1510 g/mol. The van der Waals surface area contributed by atoms with Crippen molar-refractivity contribution in [2.45, 2.75) is 148 Å². The minimum absolute atomic E-state index is 0.0391. The van der Waals surface area contributed by atoms with Crippen molar-refractivity contribution in [1.82, 2.24) is 31.1 Å². The summed E-state index contributed by atoms with van der Waals surface area (Å²) in [6.45, 7) is 30.9. The topological polar surface area (TPSA) is 330 Å². The molecule has 4 heterocycles. The Bertz CT molecular complexity index is 3780. The summed E-state index contributed by atoms with van der Waals surface area (Å²) in [5, 5.41) is 16.0. The molecule has 0 aliphatic carbocycles. The molecule has 4 aliphatic heterocycles. The van der Waals surface area contributed by atoms with Crippen LogP contribution in [0.4, 0.5) is 32.3 Å². The Labute approximate surface area is 627 Å². The molecule has 0 unspecified atom stereocenters. The Hall–Kier alpha value is -10.3. The van der Waals surface area contributed by atoms with Gasteiger partial charge in [0.15, 0.2) is 23.0 Å². The van der Waals surface area contributed by atoms with Crippen LogP contribution in [0, 0.1) is 11.8 Å². The normalized spacial score (nSPS) is 16.6. The number of hydrogen-bond donors (Lipinski definition) is 6. The highest BCUT2D eigenvalue weighted by molar-refractivity contribution is 6.76. The van der Waals surface area contributed by atoms with Crippen LogP contribution in [0.25, 0.3) is 11.1 Å². The number of anilines is 4. The van der Waals surface area contributed by atoms with Crippen LogP contribution in [0.3, 0.4) is 0 Å². The summed E-state index contributed by atoms with van der Waals surface area (Å²) in [6.07, 6.45) is 5.13. The van der Waals surface area contributed by atoms with Gasteiger partial charge in [-0.2, -0.15) is 0 Å². The highest BCUT2D eigenvalue weighted by Crippen LogP contribution is 2.45. The van der Waals surface area contributed by atoms with Gasteiger partial charge in [-0.05, 0) is 96.4 Å². The third-order valence-electron chi connectivity index (χ3n) is 18.2. The fourth-order valence-corrected chi connectivity index (χ4v) is 13.5. The number of fused-ring (bicyclic) bond motifs is 4. The van der Waals surface area contributed by atoms with Crippen molar-refractivity contribution in [2.24, 2.45) is 11.8 Å². The number of ether oxygens (including phenoxy) is 8. The summed E-state index contributed by atoms with van der Waals surface area (Å²) in [5.74, 6) is -3.56.